The van der Waals surface area contributed by atoms with Crippen LogP contribution in [-0.4, -0.2) is 58.6 Å². The fourth-order valence-corrected chi connectivity index (χ4v) is 4.41. The van der Waals surface area contributed by atoms with Crippen LogP contribution in [0.25, 0.3) is 0 Å². The quantitative estimate of drug-likeness (QED) is 0.0386. The summed E-state index contributed by atoms with van der Waals surface area (Å²) in [5.74, 6) is -1.85. The van der Waals surface area contributed by atoms with Gasteiger partial charge in [-0.25, -0.2) is 13.7 Å². The zero-order chi connectivity index (χ0) is 30.6. The van der Waals surface area contributed by atoms with Crippen LogP contribution < -0.4 is 0 Å². The molecule has 0 fully saturated rings. The average molecular weight is 623 g/mol. The van der Waals surface area contributed by atoms with Crippen molar-refractivity contribution in [2.24, 2.45) is 0 Å². The third kappa shape index (κ3) is 32.6. The Balaban J connectivity index is 0. The number of phosphoric acid groups is 2. The summed E-state index contributed by atoms with van der Waals surface area (Å²) in [5.41, 5.74) is 0. The largest absolute Gasteiger partial charge is 0.474 e. The van der Waals surface area contributed by atoms with Crippen LogP contribution in [0.2, 0.25) is 0 Å². The second-order valence-electron chi connectivity index (χ2n) is 9.93. The van der Waals surface area contributed by atoms with Gasteiger partial charge in [0.2, 0.25) is 0 Å². The molecule has 0 aliphatic carbocycles. The molecule has 244 valence electrons. The van der Waals surface area contributed by atoms with Gasteiger partial charge >= 0.3 is 21.6 Å². The average Bonchev–Trinajstić information content (AvgIpc) is 2.86. The maximum absolute atomic E-state index is 11.3. The summed E-state index contributed by atoms with van der Waals surface area (Å²) in [6.45, 7) is 9.24. The van der Waals surface area contributed by atoms with Crippen molar-refractivity contribution in [1.29, 1.82) is 0 Å². The fraction of sp³-hybridized carbons (Fsp3) is 1.00. The van der Waals surface area contributed by atoms with Crippen LogP contribution in [0.3, 0.4) is 0 Å². The topological polar surface area (TPSA) is 161 Å². The third-order valence-electron chi connectivity index (χ3n) is 5.83. The maximum atomic E-state index is 11.3. The Morgan fingerprint density at radius 2 is 0.900 bits per heavy atom. The summed E-state index contributed by atoms with van der Waals surface area (Å²) in [6.07, 6.45) is 18.5. The van der Waals surface area contributed by atoms with E-state index in [4.69, 9.17) is 38.3 Å². The van der Waals surface area contributed by atoms with Crippen molar-refractivity contribution in [3.63, 3.8) is 0 Å². The summed E-state index contributed by atoms with van der Waals surface area (Å²) >= 11 is 0. The van der Waals surface area contributed by atoms with Crippen molar-refractivity contribution in [3.05, 3.63) is 0 Å². The third-order valence-corrected chi connectivity index (χ3v) is 6.86. The Morgan fingerprint density at radius 3 is 1.30 bits per heavy atom. The Labute approximate surface area is 243 Å². The Hall–Kier alpha value is 0.1000. The zero-order valence-electron chi connectivity index (χ0n) is 25.6. The number of ether oxygens (including phenoxy) is 3. The van der Waals surface area contributed by atoms with E-state index < -0.39 is 21.6 Å². The van der Waals surface area contributed by atoms with Gasteiger partial charge in [-0.1, -0.05) is 111 Å². The number of phosphoric ester groups is 2. The molecule has 0 bridgehead atoms. The summed E-state index contributed by atoms with van der Waals surface area (Å²) < 4.78 is 47.3. The molecule has 13 heteroatoms. The minimum Gasteiger partial charge on any atom is -0.373 e. The van der Waals surface area contributed by atoms with Crippen molar-refractivity contribution in [2.75, 3.05) is 33.0 Å². The molecule has 40 heavy (non-hydrogen) atoms. The monoisotopic (exact) mass is 622 g/mol. The highest BCUT2D eigenvalue weighted by atomic mass is 31.2. The van der Waals surface area contributed by atoms with Crippen molar-refractivity contribution in [2.45, 2.75) is 143 Å². The van der Waals surface area contributed by atoms with Crippen LogP contribution in [0.15, 0.2) is 0 Å². The molecule has 0 aromatic carbocycles. The molecule has 0 saturated heterocycles. The Bertz CT molecular complexity index is 616. The van der Waals surface area contributed by atoms with Gasteiger partial charge in [0.15, 0.2) is 0 Å². The van der Waals surface area contributed by atoms with Gasteiger partial charge in [0.25, 0.3) is 0 Å². The zero-order valence-corrected chi connectivity index (χ0v) is 27.4. The molecule has 0 unspecified atom stereocenters. The molecule has 4 N–H and O–H groups in total. The van der Waals surface area contributed by atoms with E-state index in [-0.39, 0.29) is 26.4 Å². The lowest BCUT2D eigenvalue weighted by molar-refractivity contribution is -0.365. The standard InChI is InChI=1S/C14H31O7P.C13H29O4P/c1-4-7-10-18-13-14(19-11-8-5-2,20-12-9-6-3)21-22(15,16)17;1-2-3-4-5-6-7-8-9-10-11-12-13-17-18(14,15)16/h4-13H2,1-3H3,(H2,15,16,17);2-13H2,1H3,(H2,14,15,16). The van der Waals surface area contributed by atoms with Crippen LogP contribution in [0.1, 0.15) is 137 Å². The summed E-state index contributed by atoms with van der Waals surface area (Å²) in [7, 11) is -9.02. The fourth-order valence-electron chi connectivity index (χ4n) is 3.52. The molecule has 0 radical (unpaired) electrons. The van der Waals surface area contributed by atoms with Crippen LogP contribution in [-0.2, 0) is 32.4 Å². The van der Waals surface area contributed by atoms with Crippen molar-refractivity contribution >= 4 is 15.6 Å². The summed E-state index contributed by atoms with van der Waals surface area (Å²) in [4.78, 5) is 35.2. The number of hydrogen-bond acceptors (Lipinski definition) is 7. The van der Waals surface area contributed by atoms with Gasteiger partial charge in [-0.2, -0.15) is 0 Å². The van der Waals surface area contributed by atoms with E-state index in [0.29, 0.717) is 6.61 Å². The Kier molecular flexibility index (Phi) is 29.5. The van der Waals surface area contributed by atoms with Gasteiger partial charge in [0, 0.05) is 6.61 Å². The lowest BCUT2D eigenvalue weighted by Gasteiger charge is -2.32. The molecule has 0 aromatic heterocycles. The SMILES string of the molecule is CCCCCCCCCCCCCOP(=O)(O)O.CCCCOCC(OCCCC)(OCCCC)OP(=O)(O)O. The highest BCUT2D eigenvalue weighted by Crippen LogP contribution is 2.43. The van der Waals surface area contributed by atoms with Gasteiger partial charge in [-0.05, 0) is 25.7 Å². The first kappa shape index (κ1) is 42.2. The van der Waals surface area contributed by atoms with Crippen LogP contribution in [0, 0.1) is 0 Å². The smallest absolute Gasteiger partial charge is 0.373 e. The van der Waals surface area contributed by atoms with E-state index in [9.17, 15) is 9.13 Å². The van der Waals surface area contributed by atoms with Gasteiger partial charge in [-0.3, -0.25) is 4.52 Å². The second kappa shape index (κ2) is 27.9. The highest BCUT2D eigenvalue weighted by Gasteiger charge is 2.41. The maximum Gasteiger partial charge on any atom is 0.474 e. The summed E-state index contributed by atoms with van der Waals surface area (Å²) in [5, 5.41) is 0. The first-order valence-electron chi connectivity index (χ1n) is 15.3. The van der Waals surface area contributed by atoms with E-state index in [0.717, 1.165) is 57.8 Å². The van der Waals surface area contributed by atoms with E-state index in [1.807, 2.05) is 20.8 Å². The number of unbranched alkanes of at least 4 members (excludes halogenated alkanes) is 13. The van der Waals surface area contributed by atoms with Gasteiger partial charge in [-0.15, -0.1) is 0 Å². The summed E-state index contributed by atoms with van der Waals surface area (Å²) in [6, 6.07) is 0. The molecular weight excluding hydrogens is 562 g/mol. The van der Waals surface area contributed by atoms with Crippen molar-refractivity contribution in [1.82, 2.24) is 0 Å². The number of hydrogen-bond donors (Lipinski definition) is 4. The normalized spacial score (nSPS) is 12.4. The predicted octanol–water partition coefficient (Wildman–Crippen LogP) is 7.61. The lowest BCUT2D eigenvalue weighted by atomic mass is 10.1. The molecular formula is C27H60O11P2. The minimum atomic E-state index is -4.77. The van der Waals surface area contributed by atoms with Gasteiger partial charge in [0.05, 0.1) is 19.8 Å². The Morgan fingerprint density at radius 1 is 0.500 bits per heavy atom. The molecule has 11 nitrogen and oxygen atoms in total. The van der Waals surface area contributed by atoms with E-state index in [1.54, 1.807) is 0 Å². The lowest BCUT2D eigenvalue weighted by Crippen LogP contribution is -2.44. The number of rotatable bonds is 28. The molecule has 0 heterocycles. The van der Waals surface area contributed by atoms with Crippen LogP contribution in [0.4, 0.5) is 0 Å². The second-order valence-corrected chi connectivity index (χ2v) is 12.3. The van der Waals surface area contributed by atoms with E-state index in [2.05, 4.69) is 11.4 Å². The predicted molar refractivity (Wildman–Crippen MR) is 158 cm³/mol. The van der Waals surface area contributed by atoms with Gasteiger partial charge < -0.3 is 33.8 Å². The van der Waals surface area contributed by atoms with Crippen LogP contribution in [0.5, 0.6) is 0 Å². The molecule has 0 aliphatic heterocycles. The van der Waals surface area contributed by atoms with E-state index in [1.165, 1.54) is 51.4 Å². The van der Waals surface area contributed by atoms with Crippen molar-refractivity contribution in [3.8, 4) is 0 Å². The molecule has 0 aromatic rings. The first-order chi connectivity index (χ1) is 18.9. The van der Waals surface area contributed by atoms with Crippen LogP contribution >= 0.6 is 15.6 Å². The molecule has 0 spiro atoms. The molecule has 0 atom stereocenters. The van der Waals surface area contributed by atoms with Crippen molar-refractivity contribution < 1.29 is 52.0 Å². The highest BCUT2D eigenvalue weighted by molar-refractivity contribution is 7.46. The minimum absolute atomic E-state index is 0.168. The van der Waals surface area contributed by atoms with Gasteiger partial charge in [0.1, 0.15) is 6.61 Å². The molecule has 0 aliphatic rings. The molecule has 0 amide bonds. The van der Waals surface area contributed by atoms with E-state index >= 15 is 0 Å². The first-order valence-corrected chi connectivity index (χ1v) is 18.3. The molecule has 0 rings (SSSR count). The molecule has 0 saturated carbocycles.